The molecule has 1 amide bonds. The van der Waals surface area contributed by atoms with Crippen molar-refractivity contribution in [3.63, 3.8) is 0 Å². The Bertz CT molecular complexity index is 747. The molecule has 1 fully saturated rings. The number of rotatable bonds is 6. The summed E-state index contributed by atoms with van der Waals surface area (Å²) in [6.45, 7) is 8.65. The first-order chi connectivity index (χ1) is 12.5. The van der Waals surface area contributed by atoms with Gasteiger partial charge in [0.1, 0.15) is 5.75 Å². The summed E-state index contributed by atoms with van der Waals surface area (Å²) >= 11 is 0. The van der Waals surface area contributed by atoms with Gasteiger partial charge in [-0.1, -0.05) is 26.0 Å². The smallest absolute Gasteiger partial charge is 0.262 e. The first-order valence-corrected chi connectivity index (χ1v) is 9.41. The van der Waals surface area contributed by atoms with E-state index in [0.717, 1.165) is 18.8 Å². The average Bonchev–Trinajstić information content (AvgIpc) is 3.15. The van der Waals surface area contributed by atoms with Crippen molar-refractivity contribution in [2.24, 2.45) is 0 Å². The number of nitrogens with zero attached hydrogens (tertiary/aromatic N) is 1. The van der Waals surface area contributed by atoms with Crippen LogP contribution in [0.25, 0.3) is 0 Å². The van der Waals surface area contributed by atoms with Crippen LogP contribution in [-0.4, -0.2) is 25.6 Å². The zero-order chi connectivity index (χ0) is 18.5. The lowest BCUT2D eigenvalue weighted by molar-refractivity contribution is -0.118. The van der Waals surface area contributed by atoms with Crippen LogP contribution in [0, 0.1) is 6.92 Å². The van der Waals surface area contributed by atoms with E-state index >= 15 is 0 Å². The third-order valence-electron chi connectivity index (χ3n) is 4.84. The molecule has 4 heteroatoms. The lowest BCUT2D eigenvalue weighted by atomic mass is 10.0. The molecule has 138 valence electrons. The number of benzene rings is 2. The van der Waals surface area contributed by atoms with Crippen LogP contribution in [0.15, 0.2) is 42.5 Å². The van der Waals surface area contributed by atoms with Gasteiger partial charge in [0, 0.05) is 24.5 Å². The van der Waals surface area contributed by atoms with Crippen molar-refractivity contribution in [1.29, 1.82) is 0 Å². The van der Waals surface area contributed by atoms with Crippen molar-refractivity contribution in [3.8, 4) is 5.75 Å². The highest BCUT2D eigenvalue weighted by molar-refractivity contribution is 5.92. The van der Waals surface area contributed by atoms with Crippen molar-refractivity contribution in [2.45, 2.75) is 39.5 Å². The Hall–Kier alpha value is -2.49. The molecule has 0 aromatic heterocycles. The molecule has 3 rings (SSSR count). The van der Waals surface area contributed by atoms with E-state index in [0.29, 0.717) is 11.7 Å². The van der Waals surface area contributed by atoms with Gasteiger partial charge in [0.05, 0.1) is 0 Å². The van der Waals surface area contributed by atoms with E-state index in [1.54, 1.807) is 0 Å². The summed E-state index contributed by atoms with van der Waals surface area (Å²) in [5, 5.41) is 2.92. The van der Waals surface area contributed by atoms with Gasteiger partial charge >= 0.3 is 0 Å². The van der Waals surface area contributed by atoms with Crippen LogP contribution in [0.1, 0.15) is 43.7 Å². The topological polar surface area (TPSA) is 41.6 Å². The van der Waals surface area contributed by atoms with Crippen molar-refractivity contribution in [2.75, 3.05) is 29.9 Å². The van der Waals surface area contributed by atoms with Crippen LogP contribution < -0.4 is 15.0 Å². The van der Waals surface area contributed by atoms with Gasteiger partial charge in [0.15, 0.2) is 6.61 Å². The fourth-order valence-corrected chi connectivity index (χ4v) is 3.34. The Balaban J connectivity index is 1.53. The number of hydrogen-bond acceptors (Lipinski definition) is 3. The molecular formula is C22H28N2O2. The summed E-state index contributed by atoms with van der Waals surface area (Å²) in [6.07, 6.45) is 2.51. The van der Waals surface area contributed by atoms with Crippen LogP contribution >= 0.6 is 0 Å². The summed E-state index contributed by atoms with van der Waals surface area (Å²) in [7, 11) is 0. The first-order valence-electron chi connectivity index (χ1n) is 9.41. The Morgan fingerprint density at radius 3 is 2.42 bits per heavy atom. The summed E-state index contributed by atoms with van der Waals surface area (Å²) < 4.78 is 5.59. The molecule has 1 heterocycles. The lowest BCUT2D eigenvalue weighted by Gasteiger charge is -2.20. The first kappa shape index (κ1) is 18.3. The second-order valence-electron chi connectivity index (χ2n) is 7.26. The number of hydrogen-bond donors (Lipinski definition) is 1. The third kappa shape index (κ3) is 4.57. The normalized spacial score (nSPS) is 13.9. The summed E-state index contributed by atoms with van der Waals surface area (Å²) in [5.74, 6) is 1.05. The van der Waals surface area contributed by atoms with Crippen LogP contribution in [0.5, 0.6) is 5.75 Å². The van der Waals surface area contributed by atoms with Gasteiger partial charge in [-0.25, -0.2) is 0 Å². The molecule has 0 saturated carbocycles. The SMILES string of the molecule is Cc1cc(NC(=O)COc2ccc(C(C)C)cc2)ccc1N1CCCC1. The number of anilines is 2. The van der Waals surface area contributed by atoms with Crippen molar-refractivity contribution in [3.05, 3.63) is 53.6 Å². The predicted molar refractivity (Wildman–Crippen MR) is 107 cm³/mol. The van der Waals surface area contributed by atoms with E-state index in [1.165, 1.54) is 29.7 Å². The molecule has 0 aliphatic carbocycles. The van der Waals surface area contributed by atoms with Gasteiger partial charge < -0.3 is 15.0 Å². The summed E-state index contributed by atoms with van der Waals surface area (Å²) in [4.78, 5) is 14.6. The highest BCUT2D eigenvalue weighted by Gasteiger charge is 2.14. The van der Waals surface area contributed by atoms with Gasteiger partial charge in [0.25, 0.3) is 5.91 Å². The summed E-state index contributed by atoms with van der Waals surface area (Å²) in [6, 6.07) is 14.0. The molecule has 1 aliphatic rings. The lowest BCUT2D eigenvalue weighted by Crippen LogP contribution is -2.21. The van der Waals surface area contributed by atoms with Gasteiger partial charge in [-0.3, -0.25) is 4.79 Å². The number of nitrogens with one attached hydrogen (secondary N) is 1. The van der Waals surface area contributed by atoms with Crippen LogP contribution in [0.2, 0.25) is 0 Å². The van der Waals surface area contributed by atoms with Crippen molar-refractivity contribution in [1.82, 2.24) is 0 Å². The number of amides is 1. The van der Waals surface area contributed by atoms with Crippen molar-refractivity contribution < 1.29 is 9.53 Å². The molecule has 2 aromatic rings. The highest BCUT2D eigenvalue weighted by atomic mass is 16.5. The maximum absolute atomic E-state index is 12.2. The Kier molecular flexibility index (Phi) is 5.82. The van der Waals surface area contributed by atoms with Gasteiger partial charge in [0.2, 0.25) is 0 Å². The monoisotopic (exact) mass is 352 g/mol. The molecule has 1 saturated heterocycles. The fraction of sp³-hybridized carbons (Fsp3) is 0.409. The largest absolute Gasteiger partial charge is 0.484 e. The molecule has 1 N–H and O–H groups in total. The molecule has 0 bridgehead atoms. The molecular weight excluding hydrogens is 324 g/mol. The Morgan fingerprint density at radius 1 is 1.12 bits per heavy atom. The standard InChI is InChI=1S/C22H28N2O2/c1-16(2)18-6-9-20(10-7-18)26-15-22(25)23-19-8-11-21(17(3)14-19)24-12-4-5-13-24/h6-11,14,16H,4-5,12-13,15H2,1-3H3,(H,23,25). The predicted octanol–water partition coefficient (Wildman–Crippen LogP) is 4.74. The number of carbonyl (C=O) groups excluding carboxylic acids is 1. The van der Waals surface area contributed by atoms with Gasteiger partial charge in [-0.2, -0.15) is 0 Å². The highest BCUT2D eigenvalue weighted by Crippen LogP contribution is 2.26. The quantitative estimate of drug-likeness (QED) is 0.817. The minimum atomic E-state index is -0.147. The molecule has 26 heavy (non-hydrogen) atoms. The molecule has 0 unspecified atom stereocenters. The van der Waals surface area contributed by atoms with Crippen molar-refractivity contribution >= 4 is 17.3 Å². The van der Waals surface area contributed by atoms with Crippen LogP contribution in [0.4, 0.5) is 11.4 Å². The van der Waals surface area contributed by atoms with E-state index < -0.39 is 0 Å². The average molecular weight is 352 g/mol. The van der Waals surface area contributed by atoms with E-state index in [9.17, 15) is 4.79 Å². The Labute approximate surface area is 156 Å². The van der Waals surface area contributed by atoms with E-state index in [4.69, 9.17) is 4.74 Å². The zero-order valence-corrected chi connectivity index (χ0v) is 15.9. The van der Waals surface area contributed by atoms with Crippen LogP contribution in [0.3, 0.4) is 0 Å². The number of aryl methyl sites for hydroxylation is 1. The molecule has 0 spiro atoms. The van der Waals surface area contributed by atoms with Crippen LogP contribution in [-0.2, 0) is 4.79 Å². The van der Waals surface area contributed by atoms with E-state index in [1.807, 2.05) is 36.4 Å². The third-order valence-corrected chi connectivity index (χ3v) is 4.84. The maximum Gasteiger partial charge on any atom is 0.262 e. The fourth-order valence-electron chi connectivity index (χ4n) is 3.34. The molecule has 4 nitrogen and oxygen atoms in total. The zero-order valence-electron chi connectivity index (χ0n) is 15.9. The number of carbonyl (C=O) groups is 1. The molecule has 2 aromatic carbocycles. The molecule has 1 aliphatic heterocycles. The maximum atomic E-state index is 12.2. The van der Waals surface area contributed by atoms with E-state index in [2.05, 4.69) is 37.1 Å². The van der Waals surface area contributed by atoms with Gasteiger partial charge in [-0.15, -0.1) is 0 Å². The number of ether oxygens (including phenoxy) is 1. The van der Waals surface area contributed by atoms with Gasteiger partial charge in [-0.05, 0) is 67.1 Å². The van der Waals surface area contributed by atoms with E-state index in [-0.39, 0.29) is 12.5 Å². The second kappa shape index (κ2) is 8.26. The molecule has 0 radical (unpaired) electrons. The molecule has 0 atom stereocenters. The Morgan fingerprint density at radius 2 is 1.81 bits per heavy atom. The minimum absolute atomic E-state index is 0.00789. The second-order valence-corrected chi connectivity index (χ2v) is 7.26. The minimum Gasteiger partial charge on any atom is -0.484 e. The summed E-state index contributed by atoms with van der Waals surface area (Å²) in [5.41, 5.74) is 4.53.